The molecule has 1 aliphatic rings. The summed E-state index contributed by atoms with van der Waals surface area (Å²) in [7, 11) is 0. The van der Waals surface area contributed by atoms with Gasteiger partial charge >= 0.3 is 0 Å². The molecule has 6 heteroatoms. The number of carbonyl (C=O) groups excluding carboxylic acids is 2. The molecule has 0 radical (unpaired) electrons. The number of nitrogens with zero attached hydrogens (tertiary/aromatic N) is 3. The van der Waals surface area contributed by atoms with Crippen LogP contribution in [0.1, 0.15) is 21.6 Å². The highest BCUT2D eigenvalue weighted by Gasteiger charge is 2.25. The van der Waals surface area contributed by atoms with Crippen molar-refractivity contribution in [1.82, 2.24) is 14.8 Å². The molecule has 6 nitrogen and oxygen atoms in total. The van der Waals surface area contributed by atoms with Gasteiger partial charge in [0.1, 0.15) is 11.4 Å². The lowest BCUT2D eigenvalue weighted by atomic mass is 10.1. The zero-order valence-electron chi connectivity index (χ0n) is 15.1. The Morgan fingerprint density at radius 2 is 1.73 bits per heavy atom. The highest BCUT2D eigenvalue weighted by atomic mass is 16.5. The molecule has 1 saturated heterocycles. The molecule has 0 saturated carbocycles. The van der Waals surface area contributed by atoms with E-state index in [0.717, 1.165) is 16.9 Å². The number of benzene rings is 1. The van der Waals surface area contributed by atoms with Gasteiger partial charge in [0.05, 0.1) is 0 Å². The summed E-state index contributed by atoms with van der Waals surface area (Å²) in [6.45, 7) is 6.04. The van der Waals surface area contributed by atoms with Gasteiger partial charge in [-0.25, -0.2) is 0 Å². The van der Waals surface area contributed by atoms with Gasteiger partial charge in [-0.1, -0.05) is 18.2 Å². The van der Waals surface area contributed by atoms with Gasteiger partial charge in [-0.05, 0) is 43.2 Å². The lowest BCUT2D eigenvalue weighted by Gasteiger charge is -2.34. The quantitative estimate of drug-likeness (QED) is 0.844. The second-order valence-electron chi connectivity index (χ2n) is 6.37. The van der Waals surface area contributed by atoms with Crippen LogP contribution < -0.4 is 4.74 Å². The van der Waals surface area contributed by atoms with E-state index in [4.69, 9.17) is 4.74 Å². The first-order chi connectivity index (χ1) is 12.6. The normalized spacial score (nSPS) is 14.2. The molecule has 1 aliphatic heterocycles. The van der Waals surface area contributed by atoms with Crippen LogP contribution in [0.25, 0.3) is 0 Å². The molecule has 0 aliphatic carbocycles. The average molecular weight is 353 g/mol. The number of carbonyl (C=O) groups is 2. The standard InChI is InChI=1S/C20H23N3O3/c1-15-6-5-8-18(16(15)2)26-14-19(24)22-10-12-23(13-11-22)20(25)17-7-3-4-9-21-17/h3-9H,10-14H2,1-2H3. The summed E-state index contributed by atoms with van der Waals surface area (Å²) < 4.78 is 5.69. The van der Waals surface area contributed by atoms with E-state index in [9.17, 15) is 9.59 Å². The van der Waals surface area contributed by atoms with Gasteiger partial charge in [-0.3, -0.25) is 14.6 Å². The number of hydrogen-bond acceptors (Lipinski definition) is 4. The number of aromatic nitrogens is 1. The van der Waals surface area contributed by atoms with Crippen molar-refractivity contribution in [3.05, 3.63) is 59.4 Å². The van der Waals surface area contributed by atoms with Gasteiger partial charge in [-0.15, -0.1) is 0 Å². The molecule has 0 bridgehead atoms. The molecular formula is C20H23N3O3. The van der Waals surface area contributed by atoms with Gasteiger partial charge in [-0.2, -0.15) is 0 Å². The summed E-state index contributed by atoms with van der Waals surface area (Å²) in [6, 6.07) is 11.1. The predicted octanol–water partition coefficient (Wildman–Crippen LogP) is 2.06. The fourth-order valence-corrected chi connectivity index (χ4v) is 2.92. The van der Waals surface area contributed by atoms with Crippen molar-refractivity contribution in [2.24, 2.45) is 0 Å². The van der Waals surface area contributed by atoms with E-state index in [1.165, 1.54) is 0 Å². The third kappa shape index (κ3) is 4.02. The lowest BCUT2D eigenvalue weighted by molar-refractivity contribution is -0.134. The maximum Gasteiger partial charge on any atom is 0.272 e. The Bertz CT molecular complexity index is 784. The molecule has 1 fully saturated rings. The first-order valence-corrected chi connectivity index (χ1v) is 8.73. The number of rotatable bonds is 4. The number of pyridine rings is 1. The molecule has 0 spiro atoms. The van der Waals surface area contributed by atoms with Crippen LogP contribution in [-0.2, 0) is 4.79 Å². The average Bonchev–Trinajstić information content (AvgIpc) is 2.69. The van der Waals surface area contributed by atoms with Gasteiger partial charge in [0.2, 0.25) is 0 Å². The largest absolute Gasteiger partial charge is 0.483 e. The van der Waals surface area contributed by atoms with Crippen LogP contribution >= 0.6 is 0 Å². The van der Waals surface area contributed by atoms with Gasteiger partial charge in [0.25, 0.3) is 11.8 Å². The van der Waals surface area contributed by atoms with Crippen LogP contribution in [0.2, 0.25) is 0 Å². The van der Waals surface area contributed by atoms with E-state index < -0.39 is 0 Å². The Balaban J connectivity index is 1.51. The number of ether oxygens (including phenoxy) is 1. The molecule has 2 heterocycles. The van der Waals surface area contributed by atoms with Crippen molar-refractivity contribution >= 4 is 11.8 Å². The second kappa shape index (κ2) is 7.99. The molecule has 1 aromatic heterocycles. The molecule has 26 heavy (non-hydrogen) atoms. The van der Waals surface area contributed by atoms with Crippen molar-refractivity contribution < 1.29 is 14.3 Å². The summed E-state index contributed by atoms with van der Waals surface area (Å²) >= 11 is 0. The van der Waals surface area contributed by atoms with E-state index >= 15 is 0 Å². The fourth-order valence-electron chi connectivity index (χ4n) is 2.92. The minimum absolute atomic E-state index is 0.0124. The Hall–Kier alpha value is -2.89. The van der Waals surface area contributed by atoms with Crippen LogP contribution in [-0.4, -0.2) is 59.4 Å². The summed E-state index contributed by atoms with van der Waals surface area (Å²) in [6.07, 6.45) is 1.61. The molecule has 2 aromatic rings. The van der Waals surface area contributed by atoms with E-state index in [0.29, 0.717) is 31.9 Å². The molecule has 2 amide bonds. The zero-order chi connectivity index (χ0) is 18.5. The third-order valence-electron chi connectivity index (χ3n) is 4.71. The highest BCUT2D eigenvalue weighted by molar-refractivity contribution is 5.92. The van der Waals surface area contributed by atoms with E-state index in [-0.39, 0.29) is 18.4 Å². The topological polar surface area (TPSA) is 62.7 Å². The van der Waals surface area contributed by atoms with Gasteiger partial charge in [0, 0.05) is 32.4 Å². The maximum absolute atomic E-state index is 12.4. The monoisotopic (exact) mass is 353 g/mol. The number of aryl methyl sites for hydroxylation is 1. The maximum atomic E-state index is 12.4. The van der Waals surface area contributed by atoms with Crippen LogP contribution in [0, 0.1) is 13.8 Å². The Morgan fingerprint density at radius 3 is 2.42 bits per heavy atom. The fraction of sp³-hybridized carbons (Fsp3) is 0.350. The Morgan fingerprint density at radius 1 is 1.00 bits per heavy atom. The molecule has 1 aromatic carbocycles. The third-order valence-corrected chi connectivity index (χ3v) is 4.71. The van der Waals surface area contributed by atoms with Crippen molar-refractivity contribution in [1.29, 1.82) is 0 Å². The number of hydrogen-bond donors (Lipinski definition) is 0. The summed E-state index contributed by atoms with van der Waals surface area (Å²) in [5.41, 5.74) is 2.62. The van der Waals surface area contributed by atoms with E-state index in [2.05, 4.69) is 4.98 Å². The van der Waals surface area contributed by atoms with Gasteiger partial charge in [0.15, 0.2) is 6.61 Å². The molecule has 0 atom stereocenters. The summed E-state index contributed by atoms with van der Waals surface area (Å²) in [5, 5.41) is 0. The van der Waals surface area contributed by atoms with Crippen molar-refractivity contribution in [3.8, 4) is 5.75 Å². The Labute approximate surface area is 153 Å². The molecular weight excluding hydrogens is 330 g/mol. The van der Waals surface area contributed by atoms with Crippen molar-refractivity contribution in [3.63, 3.8) is 0 Å². The summed E-state index contributed by atoms with van der Waals surface area (Å²) in [5.74, 6) is 0.586. The summed E-state index contributed by atoms with van der Waals surface area (Å²) in [4.78, 5) is 32.4. The number of piperazine rings is 1. The molecule has 0 unspecified atom stereocenters. The number of amides is 2. The van der Waals surface area contributed by atoms with Crippen LogP contribution in [0.15, 0.2) is 42.6 Å². The second-order valence-corrected chi connectivity index (χ2v) is 6.37. The van der Waals surface area contributed by atoms with Crippen LogP contribution in [0.3, 0.4) is 0 Å². The first kappa shape index (κ1) is 17.9. The first-order valence-electron chi connectivity index (χ1n) is 8.73. The predicted molar refractivity (Wildman–Crippen MR) is 98.1 cm³/mol. The highest BCUT2D eigenvalue weighted by Crippen LogP contribution is 2.20. The van der Waals surface area contributed by atoms with E-state index in [1.54, 1.807) is 34.2 Å². The minimum atomic E-state index is -0.0932. The minimum Gasteiger partial charge on any atom is -0.483 e. The molecule has 3 rings (SSSR count). The molecule has 136 valence electrons. The SMILES string of the molecule is Cc1cccc(OCC(=O)N2CCN(C(=O)c3ccccn3)CC2)c1C. The van der Waals surface area contributed by atoms with Crippen molar-refractivity contribution in [2.45, 2.75) is 13.8 Å². The Kier molecular flexibility index (Phi) is 5.51. The lowest BCUT2D eigenvalue weighted by Crippen LogP contribution is -2.51. The van der Waals surface area contributed by atoms with Crippen molar-refractivity contribution in [2.75, 3.05) is 32.8 Å². The van der Waals surface area contributed by atoms with Gasteiger partial charge < -0.3 is 14.5 Å². The van der Waals surface area contributed by atoms with E-state index in [1.807, 2.05) is 32.0 Å². The van der Waals surface area contributed by atoms with Crippen LogP contribution in [0.5, 0.6) is 5.75 Å². The van der Waals surface area contributed by atoms with Crippen LogP contribution in [0.4, 0.5) is 0 Å². The smallest absolute Gasteiger partial charge is 0.272 e. The molecule has 0 N–H and O–H groups in total. The zero-order valence-corrected chi connectivity index (χ0v) is 15.1.